The lowest BCUT2D eigenvalue weighted by Crippen LogP contribution is -2.21. The normalized spacial score (nSPS) is 13.8. The molecule has 3 aromatic rings. The highest BCUT2D eigenvalue weighted by Gasteiger charge is 2.16. The lowest BCUT2D eigenvalue weighted by molar-refractivity contribution is 0.181. The van der Waals surface area contributed by atoms with Crippen LogP contribution in [0.3, 0.4) is 0 Å². The molecule has 1 aromatic heterocycles. The Morgan fingerprint density at radius 2 is 1.45 bits per heavy atom. The van der Waals surface area contributed by atoms with Crippen LogP contribution in [0.4, 0.5) is 0 Å². The zero-order valence-electron chi connectivity index (χ0n) is 13.4. The lowest BCUT2D eigenvalue weighted by Gasteiger charge is -2.21. The number of benzene rings is 2. The van der Waals surface area contributed by atoms with E-state index < -0.39 is 0 Å². The predicted octanol–water partition coefficient (Wildman–Crippen LogP) is 4.69. The monoisotopic (exact) mass is 313 g/mol. The first-order chi connectivity index (χ1) is 10.5. The van der Waals surface area contributed by atoms with E-state index in [4.69, 9.17) is 0 Å². The van der Waals surface area contributed by atoms with E-state index in [1.54, 1.807) is 0 Å². The highest BCUT2D eigenvalue weighted by Crippen LogP contribution is 2.30. The van der Waals surface area contributed by atoms with E-state index >= 15 is 0 Å². The van der Waals surface area contributed by atoms with Gasteiger partial charge in [-0.15, -0.1) is 0 Å². The summed E-state index contributed by atoms with van der Waals surface area (Å²) in [5, 5.41) is 13.0. The molecular weight excluding hydrogens is 290 g/mol. The largest absolute Gasteiger partial charge is 0.390 e. The molecule has 0 aliphatic rings. The Hall–Kier alpha value is -1.45. The molecule has 0 amide bonds. The third-order valence-electron chi connectivity index (χ3n) is 3.78. The average molecular weight is 313 g/mol. The van der Waals surface area contributed by atoms with Crippen LogP contribution in [0.1, 0.15) is 20.8 Å². The van der Waals surface area contributed by atoms with Crippen LogP contribution in [0.2, 0.25) is 0 Å². The Bertz CT molecular complexity index is 732. The van der Waals surface area contributed by atoms with Gasteiger partial charge in [0.1, 0.15) is 0 Å². The van der Waals surface area contributed by atoms with Crippen LogP contribution in [0.25, 0.3) is 21.8 Å². The zero-order valence-corrected chi connectivity index (χ0v) is 14.2. The standard InChI is InChI=1S/C19H23NOS/c1-19(2,3)22-13-14(21)12-20-17-10-6-4-8-15(17)16-9-5-7-11-18(16)20/h4-11,14,21H,12-13H2,1-3H3/t14-/m1/s1. The van der Waals surface area contributed by atoms with Gasteiger partial charge in [0.2, 0.25) is 0 Å². The van der Waals surface area contributed by atoms with Gasteiger partial charge >= 0.3 is 0 Å². The molecule has 0 spiro atoms. The Labute approximate surface area is 136 Å². The molecule has 0 aliphatic carbocycles. The van der Waals surface area contributed by atoms with E-state index in [-0.39, 0.29) is 10.9 Å². The Morgan fingerprint density at radius 1 is 0.955 bits per heavy atom. The number of hydrogen-bond donors (Lipinski definition) is 1. The fourth-order valence-electron chi connectivity index (χ4n) is 2.81. The van der Waals surface area contributed by atoms with Crippen LogP contribution in [0.15, 0.2) is 48.5 Å². The van der Waals surface area contributed by atoms with Gasteiger partial charge in [-0.3, -0.25) is 0 Å². The van der Waals surface area contributed by atoms with E-state index in [2.05, 4.69) is 73.9 Å². The summed E-state index contributed by atoms with van der Waals surface area (Å²) >= 11 is 1.81. The molecule has 2 aromatic carbocycles. The topological polar surface area (TPSA) is 25.2 Å². The smallest absolute Gasteiger partial charge is 0.0809 e. The van der Waals surface area contributed by atoms with Gasteiger partial charge in [-0.25, -0.2) is 0 Å². The summed E-state index contributed by atoms with van der Waals surface area (Å²) in [6, 6.07) is 16.9. The van der Waals surface area contributed by atoms with Crippen molar-refractivity contribution >= 4 is 33.6 Å². The molecule has 1 N–H and O–H groups in total. The molecule has 0 unspecified atom stereocenters. The SMILES string of the molecule is CC(C)(C)SC[C@H](O)Cn1c2ccccc2c2ccccc21. The molecular formula is C19H23NOS. The van der Waals surface area contributed by atoms with Gasteiger partial charge < -0.3 is 9.67 Å². The van der Waals surface area contributed by atoms with Crippen molar-refractivity contribution in [3.05, 3.63) is 48.5 Å². The third kappa shape index (κ3) is 3.16. The van der Waals surface area contributed by atoms with Crippen molar-refractivity contribution in [2.24, 2.45) is 0 Å². The number of thioether (sulfide) groups is 1. The minimum Gasteiger partial charge on any atom is -0.390 e. The van der Waals surface area contributed by atoms with Crippen molar-refractivity contribution in [1.29, 1.82) is 0 Å². The van der Waals surface area contributed by atoms with Gasteiger partial charge in [0.05, 0.1) is 6.10 Å². The van der Waals surface area contributed by atoms with Crippen molar-refractivity contribution in [2.75, 3.05) is 5.75 Å². The molecule has 3 rings (SSSR count). The van der Waals surface area contributed by atoms with Crippen molar-refractivity contribution in [2.45, 2.75) is 38.2 Å². The first-order valence-electron chi connectivity index (χ1n) is 7.74. The van der Waals surface area contributed by atoms with Crippen molar-refractivity contribution in [1.82, 2.24) is 4.57 Å². The van der Waals surface area contributed by atoms with E-state index in [9.17, 15) is 5.11 Å². The van der Waals surface area contributed by atoms with Crippen LogP contribution in [-0.2, 0) is 6.54 Å². The first-order valence-corrected chi connectivity index (χ1v) is 8.72. The minimum atomic E-state index is -0.344. The maximum absolute atomic E-state index is 10.5. The molecule has 0 aliphatic heterocycles. The molecule has 0 saturated heterocycles. The molecule has 2 nitrogen and oxygen atoms in total. The quantitative estimate of drug-likeness (QED) is 0.756. The average Bonchev–Trinajstić information content (AvgIpc) is 2.80. The number of aliphatic hydroxyl groups is 1. The molecule has 0 bridgehead atoms. The molecule has 1 heterocycles. The number of aromatic nitrogens is 1. The maximum Gasteiger partial charge on any atom is 0.0809 e. The molecule has 116 valence electrons. The second-order valence-corrected chi connectivity index (χ2v) is 8.57. The molecule has 1 atom stereocenters. The first kappa shape index (κ1) is 15.4. The van der Waals surface area contributed by atoms with E-state index in [0.29, 0.717) is 6.54 Å². The fourth-order valence-corrected chi connectivity index (χ4v) is 3.61. The van der Waals surface area contributed by atoms with Crippen molar-refractivity contribution in [3.63, 3.8) is 0 Å². The van der Waals surface area contributed by atoms with Gasteiger partial charge in [0.15, 0.2) is 0 Å². The summed E-state index contributed by atoms with van der Waals surface area (Å²) in [6.07, 6.45) is -0.344. The zero-order chi connectivity index (χ0) is 15.7. The van der Waals surface area contributed by atoms with Crippen molar-refractivity contribution in [3.8, 4) is 0 Å². The molecule has 0 saturated carbocycles. The molecule has 22 heavy (non-hydrogen) atoms. The molecule has 0 fully saturated rings. The Balaban J connectivity index is 1.95. The highest BCUT2D eigenvalue weighted by atomic mass is 32.2. The predicted molar refractivity (Wildman–Crippen MR) is 97.7 cm³/mol. The number of nitrogens with zero attached hydrogens (tertiary/aromatic N) is 1. The second-order valence-electron chi connectivity index (χ2n) is 6.72. The summed E-state index contributed by atoms with van der Waals surface area (Å²) in [5.74, 6) is 0.754. The van der Waals surface area contributed by atoms with Crippen LogP contribution in [0.5, 0.6) is 0 Å². The third-order valence-corrected chi connectivity index (χ3v) is 5.20. The second kappa shape index (κ2) is 5.98. The number of fused-ring (bicyclic) bond motifs is 3. The van der Waals surface area contributed by atoms with E-state index in [1.165, 1.54) is 21.8 Å². The summed E-state index contributed by atoms with van der Waals surface area (Å²) < 4.78 is 2.43. The highest BCUT2D eigenvalue weighted by molar-refractivity contribution is 8.00. The molecule has 0 radical (unpaired) electrons. The molecule has 3 heteroatoms. The summed E-state index contributed by atoms with van der Waals surface area (Å²) in [5.41, 5.74) is 2.40. The van der Waals surface area contributed by atoms with E-state index in [0.717, 1.165) is 5.75 Å². The lowest BCUT2D eigenvalue weighted by atomic mass is 10.2. The number of aliphatic hydroxyl groups excluding tert-OH is 1. The van der Waals surface area contributed by atoms with E-state index in [1.807, 2.05) is 11.8 Å². The fraction of sp³-hybridized carbons (Fsp3) is 0.368. The summed E-state index contributed by atoms with van der Waals surface area (Å²) in [4.78, 5) is 0. The minimum absolute atomic E-state index is 0.182. The number of rotatable bonds is 4. The van der Waals surface area contributed by atoms with Crippen molar-refractivity contribution < 1.29 is 5.11 Å². The van der Waals surface area contributed by atoms with Crippen LogP contribution >= 0.6 is 11.8 Å². The van der Waals surface area contributed by atoms with Crippen LogP contribution in [-0.4, -0.2) is 26.3 Å². The van der Waals surface area contributed by atoms with Gasteiger partial charge in [0, 0.05) is 38.9 Å². The Kier molecular flexibility index (Phi) is 4.20. The van der Waals surface area contributed by atoms with Gasteiger partial charge in [-0.1, -0.05) is 57.2 Å². The van der Waals surface area contributed by atoms with Crippen LogP contribution < -0.4 is 0 Å². The summed E-state index contributed by atoms with van der Waals surface area (Å²) in [6.45, 7) is 7.19. The maximum atomic E-state index is 10.5. The van der Waals surface area contributed by atoms with Gasteiger partial charge in [-0.2, -0.15) is 11.8 Å². The summed E-state index contributed by atoms with van der Waals surface area (Å²) in [7, 11) is 0. The van der Waals surface area contributed by atoms with Crippen LogP contribution in [0, 0.1) is 0 Å². The van der Waals surface area contributed by atoms with Gasteiger partial charge in [0.25, 0.3) is 0 Å². The number of para-hydroxylation sites is 2. The number of hydrogen-bond acceptors (Lipinski definition) is 2. The van der Waals surface area contributed by atoms with Gasteiger partial charge in [-0.05, 0) is 12.1 Å². The Morgan fingerprint density at radius 3 is 1.95 bits per heavy atom.